The third-order valence-electron chi connectivity index (χ3n) is 6.94. The number of hydrogen-bond acceptors (Lipinski definition) is 8. The summed E-state index contributed by atoms with van der Waals surface area (Å²) in [7, 11) is 1.41. The topological polar surface area (TPSA) is 109 Å². The fourth-order valence-electron chi connectivity index (χ4n) is 5.10. The minimum absolute atomic E-state index is 0.00691. The van der Waals surface area contributed by atoms with E-state index in [1.54, 1.807) is 30.3 Å². The number of phenols is 1. The minimum atomic E-state index is -1.03. The number of halogens is 1. The van der Waals surface area contributed by atoms with Gasteiger partial charge >= 0.3 is 5.91 Å². The first-order valence-corrected chi connectivity index (χ1v) is 13.8. The molecule has 0 aliphatic carbocycles. The van der Waals surface area contributed by atoms with E-state index >= 15 is 0 Å². The number of carbonyl (C=O) groups excluding carboxylic acids is 2. The van der Waals surface area contributed by atoms with Crippen molar-refractivity contribution >= 4 is 60.1 Å². The molecule has 10 heteroatoms. The molecule has 3 heterocycles. The number of aliphatic hydroxyl groups excluding tert-OH is 1. The molecule has 1 amide bonds. The lowest BCUT2D eigenvalue weighted by molar-refractivity contribution is -0.132. The highest BCUT2D eigenvalue weighted by Gasteiger charge is 2.48. The van der Waals surface area contributed by atoms with Gasteiger partial charge in [0.1, 0.15) is 17.6 Å². The number of aliphatic hydroxyl groups is 1. The molecular weight excluding hydrogens is 584 g/mol. The predicted octanol–water partition coefficient (Wildman–Crippen LogP) is 6.03. The van der Waals surface area contributed by atoms with Crippen LogP contribution in [0.15, 0.2) is 58.6 Å². The van der Waals surface area contributed by atoms with E-state index in [-0.39, 0.29) is 28.9 Å². The first kappa shape index (κ1) is 25.4. The molecule has 198 valence electrons. The first-order chi connectivity index (χ1) is 18.7. The van der Waals surface area contributed by atoms with Gasteiger partial charge in [-0.2, -0.15) is 0 Å². The summed E-state index contributed by atoms with van der Waals surface area (Å²) in [5.41, 5.74) is 3.41. The number of ketones is 1. The molecule has 1 aromatic heterocycles. The maximum Gasteiger partial charge on any atom is 0.301 e. The Morgan fingerprint density at radius 1 is 1.18 bits per heavy atom. The van der Waals surface area contributed by atoms with Gasteiger partial charge in [0.25, 0.3) is 5.78 Å². The first-order valence-electron chi connectivity index (χ1n) is 12.2. The van der Waals surface area contributed by atoms with E-state index in [0.717, 1.165) is 21.6 Å². The number of benzene rings is 3. The van der Waals surface area contributed by atoms with Crippen LogP contribution in [0.25, 0.3) is 16.0 Å². The number of aromatic hydroxyl groups is 1. The summed E-state index contributed by atoms with van der Waals surface area (Å²) in [5, 5.41) is 22.3. The minimum Gasteiger partial charge on any atom is -0.507 e. The van der Waals surface area contributed by atoms with Crippen LogP contribution in [0.3, 0.4) is 0 Å². The van der Waals surface area contributed by atoms with Crippen LogP contribution in [-0.4, -0.2) is 40.1 Å². The van der Waals surface area contributed by atoms with Crippen LogP contribution in [-0.2, 0) is 16.0 Å². The van der Waals surface area contributed by atoms with Crippen molar-refractivity contribution in [1.82, 2.24) is 4.98 Å². The highest BCUT2D eigenvalue weighted by atomic mass is 79.9. The summed E-state index contributed by atoms with van der Waals surface area (Å²) in [6.07, 6.45) is 0.675. The summed E-state index contributed by atoms with van der Waals surface area (Å²) in [4.78, 5) is 33.2. The maximum absolute atomic E-state index is 13.6. The Hall–Kier alpha value is -3.89. The Morgan fingerprint density at radius 3 is 2.74 bits per heavy atom. The van der Waals surface area contributed by atoms with E-state index in [4.69, 9.17) is 9.47 Å². The molecule has 6 rings (SSSR count). The van der Waals surface area contributed by atoms with Crippen molar-refractivity contribution in [2.24, 2.45) is 0 Å². The van der Waals surface area contributed by atoms with Crippen molar-refractivity contribution in [1.29, 1.82) is 0 Å². The number of amides is 1. The van der Waals surface area contributed by atoms with Crippen molar-refractivity contribution in [3.63, 3.8) is 0 Å². The van der Waals surface area contributed by atoms with E-state index < -0.39 is 17.7 Å². The summed E-state index contributed by atoms with van der Waals surface area (Å²) >= 11 is 4.63. The zero-order valence-electron chi connectivity index (χ0n) is 21.2. The lowest BCUT2D eigenvalue weighted by Crippen LogP contribution is -2.29. The summed E-state index contributed by atoms with van der Waals surface area (Å²) in [6, 6.07) is 13.1. The van der Waals surface area contributed by atoms with Gasteiger partial charge in [0.2, 0.25) is 0 Å². The molecule has 0 spiro atoms. The van der Waals surface area contributed by atoms with Crippen LogP contribution in [0.1, 0.15) is 35.2 Å². The number of Topliss-reactive ketones (excluding diaryl/α,β-unsaturated/α-hetero) is 1. The van der Waals surface area contributed by atoms with Gasteiger partial charge in [0.15, 0.2) is 16.6 Å². The van der Waals surface area contributed by atoms with E-state index in [2.05, 4.69) is 20.9 Å². The SMILES string of the molecule is COc1cc([C@@H]2C(=C(O)c3ccc4c(c3)C[C@@H](C)O4)C(=O)C(=O)N2c2nc3ccc(C)cc3s2)cc(Br)c1O. The number of aryl methyl sites for hydroxylation is 1. The second-order valence-corrected chi connectivity index (χ2v) is 11.5. The van der Waals surface area contributed by atoms with E-state index in [0.29, 0.717) is 32.7 Å². The van der Waals surface area contributed by atoms with Crippen LogP contribution in [0, 0.1) is 6.92 Å². The number of rotatable bonds is 4. The second-order valence-electron chi connectivity index (χ2n) is 9.65. The highest BCUT2D eigenvalue weighted by molar-refractivity contribution is 9.10. The Labute approximate surface area is 236 Å². The van der Waals surface area contributed by atoms with Gasteiger partial charge in [0, 0.05) is 12.0 Å². The molecule has 2 aliphatic heterocycles. The number of carbonyl (C=O) groups is 2. The zero-order valence-corrected chi connectivity index (χ0v) is 23.6. The third kappa shape index (κ3) is 4.15. The van der Waals surface area contributed by atoms with Gasteiger partial charge in [-0.1, -0.05) is 17.4 Å². The van der Waals surface area contributed by atoms with Crippen molar-refractivity contribution in [3.8, 4) is 17.2 Å². The Morgan fingerprint density at radius 2 is 1.97 bits per heavy atom. The maximum atomic E-state index is 13.6. The molecule has 0 bridgehead atoms. The van der Waals surface area contributed by atoms with Gasteiger partial charge < -0.3 is 19.7 Å². The second kappa shape index (κ2) is 9.39. The number of thiazole rings is 1. The van der Waals surface area contributed by atoms with Gasteiger partial charge in [-0.3, -0.25) is 14.5 Å². The van der Waals surface area contributed by atoms with Gasteiger partial charge in [-0.15, -0.1) is 0 Å². The molecular formula is C29H23BrN2O6S. The lowest BCUT2D eigenvalue weighted by atomic mass is 9.94. The largest absolute Gasteiger partial charge is 0.507 e. The average Bonchev–Trinajstić information content (AvgIpc) is 3.57. The van der Waals surface area contributed by atoms with Gasteiger partial charge in [0.05, 0.1) is 33.4 Å². The average molecular weight is 607 g/mol. The molecule has 4 aromatic rings. The fourth-order valence-corrected chi connectivity index (χ4v) is 6.65. The quantitative estimate of drug-likeness (QED) is 0.166. The van der Waals surface area contributed by atoms with Gasteiger partial charge in [-0.05, 0) is 88.9 Å². The molecule has 0 radical (unpaired) electrons. The fraction of sp³-hybridized carbons (Fsp3) is 0.207. The molecule has 2 atom stereocenters. The molecule has 2 aliphatic rings. The Kier molecular flexibility index (Phi) is 6.11. The molecule has 0 unspecified atom stereocenters. The van der Waals surface area contributed by atoms with E-state index in [9.17, 15) is 19.8 Å². The predicted molar refractivity (Wildman–Crippen MR) is 152 cm³/mol. The zero-order chi connectivity index (χ0) is 27.6. The summed E-state index contributed by atoms with van der Waals surface area (Å²) in [5.74, 6) is -1.19. The molecule has 8 nitrogen and oxygen atoms in total. The monoisotopic (exact) mass is 606 g/mol. The standard InChI is InChI=1S/C29H23BrN2O6S/c1-13-4-6-19-22(8-13)39-29(31-19)32-24(17-11-18(30)26(34)21(12-17)37-3)23(27(35)28(32)36)25(33)15-5-7-20-16(10-15)9-14(2)38-20/h4-8,10-12,14,24,33-34H,9H2,1-3H3/t14-,24-/m1/s1. The van der Waals surface area contributed by atoms with Crippen LogP contribution in [0.5, 0.6) is 17.2 Å². The van der Waals surface area contributed by atoms with Gasteiger partial charge in [-0.25, -0.2) is 4.98 Å². The lowest BCUT2D eigenvalue weighted by Gasteiger charge is -2.24. The molecule has 0 saturated carbocycles. The number of hydrogen-bond donors (Lipinski definition) is 2. The van der Waals surface area contributed by atoms with Crippen molar-refractivity contribution in [2.75, 3.05) is 12.0 Å². The number of ether oxygens (including phenoxy) is 2. The highest BCUT2D eigenvalue weighted by Crippen LogP contribution is 2.47. The van der Waals surface area contributed by atoms with Crippen LogP contribution >= 0.6 is 27.3 Å². The molecule has 2 N–H and O–H groups in total. The van der Waals surface area contributed by atoms with Crippen molar-refractivity contribution in [2.45, 2.75) is 32.4 Å². The van der Waals surface area contributed by atoms with Crippen molar-refractivity contribution in [3.05, 3.63) is 80.8 Å². The molecule has 1 fully saturated rings. The van der Waals surface area contributed by atoms with E-state index in [1.807, 2.05) is 32.0 Å². The van der Waals surface area contributed by atoms with E-state index in [1.165, 1.54) is 23.3 Å². The third-order valence-corrected chi connectivity index (χ3v) is 8.56. The van der Waals surface area contributed by atoms with Crippen LogP contribution in [0.2, 0.25) is 0 Å². The summed E-state index contributed by atoms with van der Waals surface area (Å²) < 4.78 is 12.3. The normalized spacial score (nSPS) is 19.9. The van der Waals surface area contributed by atoms with Crippen molar-refractivity contribution < 1.29 is 29.3 Å². The number of phenolic OH excluding ortho intramolecular Hbond substituents is 1. The Bertz CT molecular complexity index is 1730. The molecule has 3 aromatic carbocycles. The van der Waals surface area contributed by atoms with Crippen LogP contribution in [0.4, 0.5) is 5.13 Å². The smallest absolute Gasteiger partial charge is 0.301 e. The number of fused-ring (bicyclic) bond motifs is 2. The Balaban J connectivity index is 1.57. The summed E-state index contributed by atoms with van der Waals surface area (Å²) in [6.45, 7) is 3.92. The number of nitrogens with zero attached hydrogens (tertiary/aromatic N) is 2. The number of methoxy groups -OCH3 is 1. The number of anilines is 1. The number of aromatic nitrogens is 1. The van der Waals surface area contributed by atoms with Crippen LogP contribution < -0.4 is 14.4 Å². The molecule has 39 heavy (non-hydrogen) atoms. The molecule has 1 saturated heterocycles.